The van der Waals surface area contributed by atoms with E-state index in [2.05, 4.69) is 15.8 Å². The molecule has 0 bridgehead atoms. The highest BCUT2D eigenvalue weighted by molar-refractivity contribution is 5.43. The third-order valence-electron chi connectivity index (χ3n) is 3.45. The van der Waals surface area contributed by atoms with E-state index in [-0.39, 0.29) is 13.0 Å². The maximum absolute atomic E-state index is 11.9. The summed E-state index contributed by atoms with van der Waals surface area (Å²) >= 11 is 0. The van der Waals surface area contributed by atoms with E-state index >= 15 is 0 Å². The van der Waals surface area contributed by atoms with Gasteiger partial charge in [-0.2, -0.15) is 4.98 Å². The maximum atomic E-state index is 11.9. The summed E-state index contributed by atoms with van der Waals surface area (Å²) in [6, 6.07) is 0. The number of aliphatic hydroxyl groups is 2. The van der Waals surface area contributed by atoms with Gasteiger partial charge in [0, 0.05) is 24.7 Å². The fourth-order valence-electron chi connectivity index (χ4n) is 2.40. The van der Waals surface area contributed by atoms with E-state index in [0.29, 0.717) is 5.82 Å². The van der Waals surface area contributed by atoms with Gasteiger partial charge in [-0.1, -0.05) is 13.8 Å². The molecule has 8 nitrogen and oxygen atoms in total. The fourth-order valence-corrected chi connectivity index (χ4v) is 2.40. The van der Waals surface area contributed by atoms with Crippen molar-refractivity contribution in [2.75, 3.05) is 18.6 Å². The lowest BCUT2D eigenvalue weighted by Crippen LogP contribution is -2.36. The molecule has 118 valence electrons. The number of ether oxygens (including phenoxy) is 1. The molecule has 1 fully saturated rings. The Morgan fingerprint density at radius 1 is 1.52 bits per heavy atom. The van der Waals surface area contributed by atoms with Gasteiger partial charge in [-0.05, 0) is 6.42 Å². The average Bonchev–Trinajstić information content (AvgIpc) is 2.89. The Balaban J connectivity index is 0.000000774. The molecule has 2 aliphatic rings. The third-order valence-corrected chi connectivity index (χ3v) is 3.45. The summed E-state index contributed by atoms with van der Waals surface area (Å²) < 4.78 is 6.85. The Morgan fingerprint density at radius 3 is 2.95 bits per heavy atom. The molecule has 0 aliphatic carbocycles. The molecule has 0 spiro atoms. The molecule has 3 heterocycles. The first-order valence-corrected chi connectivity index (χ1v) is 7.24. The van der Waals surface area contributed by atoms with Gasteiger partial charge in [0.05, 0.1) is 12.7 Å². The van der Waals surface area contributed by atoms with Crippen LogP contribution in [-0.4, -0.2) is 45.1 Å². The Hall–Kier alpha value is -1.48. The average molecular weight is 298 g/mol. The largest absolute Gasteiger partial charge is 0.394 e. The van der Waals surface area contributed by atoms with Gasteiger partial charge in [0.15, 0.2) is 5.82 Å². The summed E-state index contributed by atoms with van der Waals surface area (Å²) in [6.45, 7) is 4.48. The Labute approximate surface area is 122 Å². The van der Waals surface area contributed by atoms with Gasteiger partial charge in [0.25, 0.3) is 0 Å². The van der Waals surface area contributed by atoms with Crippen molar-refractivity contribution >= 4 is 5.82 Å². The Kier molecular flexibility index (Phi) is 5.29. The first kappa shape index (κ1) is 15.9. The zero-order valence-electron chi connectivity index (χ0n) is 12.2. The van der Waals surface area contributed by atoms with Gasteiger partial charge < -0.3 is 20.4 Å². The molecule has 21 heavy (non-hydrogen) atoms. The number of aromatic nitrogens is 2. The van der Waals surface area contributed by atoms with Gasteiger partial charge in [-0.3, -0.25) is 4.57 Å². The predicted molar refractivity (Wildman–Crippen MR) is 76.8 cm³/mol. The van der Waals surface area contributed by atoms with Crippen LogP contribution in [0.25, 0.3) is 0 Å². The lowest BCUT2D eigenvalue weighted by Gasteiger charge is -2.21. The highest BCUT2D eigenvalue weighted by atomic mass is 16.5. The van der Waals surface area contributed by atoms with E-state index in [0.717, 1.165) is 18.5 Å². The van der Waals surface area contributed by atoms with E-state index in [1.54, 1.807) is 6.20 Å². The molecule has 0 aromatic carbocycles. The van der Waals surface area contributed by atoms with Gasteiger partial charge in [-0.15, -0.1) is 0 Å². The molecule has 3 unspecified atom stereocenters. The van der Waals surface area contributed by atoms with Crippen LogP contribution in [-0.2, 0) is 11.2 Å². The van der Waals surface area contributed by atoms with Gasteiger partial charge >= 0.3 is 5.69 Å². The highest BCUT2D eigenvalue weighted by Gasteiger charge is 2.35. The molecule has 0 radical (unpaired) electrons. The number of aliphatic hydroxyl groups excluding tert-OH is 2. The molecule has 3 rings (SSSR count). The molecule has 0 saturated carbocycles. The molecule has 1 aromatic rings. The van der Waals surface area contributed by atoms with Crippen LogP contribution in [0.15, 0.2) is 11.0 Å². The lowest BCUT2D eigenvalue weighted by atomic mass is 10.2. The second-order valence-electron chi connectivity index (χ2n) is 4.72. The van der Waals surface area contributed by atoms with Crippen molar-refractivity contribution in [3.63, 3.8) is 0 Å². The summed E-state index contributed by atoms with van der Waals surface area (Å²) in [4.78, 5) is 15.9. The molecule has 4 N–H and O–H groups in total. The predicted octanol–water partition coefficient (Wildman–Crippen LogP) is -0.617. The minimum atomic E-state index is -0.766. The topological polar surface area (TPSA) is 109 Å². The molecular weight excluding hydrogens is 276 g/mol. The van der Waals surface area contributed by atoms with Gasteiger partial charge in [0.2, 0.25) is 0 Å². The number of hydrazine groups is 1. The smallest absolute Gasteiger partial charge is 0.351 e. The minimum Gasteiger partial charge on any atom is -0.394 e. The molecule has 2 aliphatic heterocycles. The first-order chi connectivity index (χ1) is 10.2. The number of fused-ring (bicyclic) bond motifs is 1. The van der Waals surface area contributed by atoms with Crippen molar-refractivity contribution in [3.05, 3.63) is 22.2 Å². The summed E-state index contributed by atoms with van der Waals surface area (Å²) in [5, 5.41) is 18.8. The second kappa shape index (κ2) is 6.99. The number of rotatable bonds is 2. The second-order valence-corrected chi connectivity index (χ2v) is 4.72. The molecule has 1 saturated heterocycles. The van der Waals surface area contributed by atoms with E-state index in [1.165, 1.54) is 4.57 Å². The van der Waals surface area contributed by atoms with Crippen LogP contribution in [0.3, 0.4) is 0 Å². The van der Waals surface area contributed by atoms with Crippen molar-refractivity contribution < 1.29 is 14.9 Å². The number of nitrogens with zero attached hydrogens (tertiary/aromatic N) is 2. The summed E-state index contributed by atoms with van der Waals surface area (Å²) in [5.41, 5.74) is 6.24. The van der Waals surface area contributed by atoms with Crippen molar-refractivity contribution in [2.24, 2.45) is 0 Å². The number of hydrogen-bond acceptors (Lipinski definition) is 7. The monoisotopic (exact) mass is 298 g/mol. The van der Waals surface area contributed by atoms with Crippen LogP contribution in [0.4, 0.5) is 5.82 Å². The highest BCUT2D eigenvalue weighted by Crippen LogP contribution is 2.28. The molecule has 8 heteroatoms. The van der Waals surface area contributed by atoms with Gasteiger partial charge in [0.1, 0.15) is 12.3 Å². The molecule has 3 atom stereocenters. The normalized spacial score (nSPS) is 27.3. The summed E-state index contributed by atoms with van der Waals surface area (Å²) in [6.07, 6.45) is 0.749. The fraction of sp³-hybridized carbons (Fsp3) is 0.692. The SMILES string of the molecule is CC.O=c1nc2c(cn1C1CC(O)C(CO)O1)CCNN2. The van der Waals surface area contributed by atoms with Crippen molar-refractivity contribution in [1.29, 1.82) is 0 Å². The van der Waals surface area contributed by atoms with Crippen LogP contribution in [0.2, 0.25) is 0 Å². The number of anilines is 1. The molecule has 0 amide bonds. The zero-order chi connectivity index (χ0) is 15.4. The Morgan fingerprint density at radius 2 is 2.29 bits per heavy atom. The number of nitrogens with one attached hydrogen (secondary N) is 2. The van der Waals surface area contributed by atoms with Crippen LogP contribution >= 0.6 is 0 Å². The van der Waals surface area contributed by atoms with Crippen LogP contribution in [0.1, 0.15) is 32.1 Å². The molecule has 1 aromatic heterocycles. The third kappa shape index (κ3) is 3.24. The summed E-state index contributed by atoms with van der Waals surface area (Å²) in [5.74, 6) is 0.532. The van der Waals surface area contributed by atoms with Crippen LogP contribution < -0.4 is 16.5 Å². The van der Waals surface area contributed by atoms with E-state index in [1.807, 2.05) is 13.8 Å². The van der Waals surface area contributed by atoms with Gasteiger partial charge in [-0.25, -0.2) is 10.2 Å². The maximum Gasteiger partial charge on any atom is 0.351 e. The van der Waals surface area contributed by atoms with Crippen molar-refractivity contribution in [2.45, 2.75) is 45.1 Å². The number of hydrogen-bond donors (Lipinski definition) is 4. The van der Waals surface area contributed by atoms with E-state index in [4.69, 9.17) is 9.84 Å². The molecular formula is C13H22N4O4. The summed E-state index contributed by atoms with van der Waals surface area (Å²) in [7, 11) is 0. The minimum absolute atomic E-state index is 0.268. The van der Waals surface area contributed by atoms with E-state index in [9.17, 15) is 9.90 Å². The first-order valence-electron chi connectivity index (χ1n) is 7.24. The van der Waals surface area contributed by atoms with E-state index < -0.39 is 24.1 Å². The zero-order valence-corrected chi connectivity index (χ0v) is 12.2. The quantitative estimate of drug-likeness (QED) is 0.576. The van der Waals surface area contributed by atoms with Crippen molar-refractivity contribution in [3.8, 4) is 0 Å². The standard InChI is InChI=1S/C11H16N4O4.C2H6/c16-5-8-7(17)3-9(19-8)15-4-6-1-2-12-14-10(6)13-11(15)18;1-2/h4,7-9,12,16-17H,1-3,5H2,(H,13,14,18);1-2H3. The van der Waals surface area contributed by atoms with Crippen LogP contribution in [0, 0.1) is 0 Å². The lowest BCUT2D eigenvalue weighted by molar-refractivity contribution is -0.0459. The van der Waals surface area contributed by atoms with Crippen LogP contribution in [0.5, 0.6) is 0 Å². The van der Waals surface area contributed by atoms with Crippen molar-refractivity contribution in [1.82, 2.24) is 15.0 Å². The Bertz CT molecular complexity index is 533.